The number of aryl methyl sites for hydroxylation is 1. The van der Waals surface area contributed by atoms with E-state index in [4.69, 9.17) is 0 Å². The SMILES string of the molecule is Cc1ccc(OS(=O)(=O)C(F)(F)F)c2c1CCC(C)C2. The molecule has 20 heavy (non-hydrogen) atoms. The molecule has 1 atom stereocenters. The number of alkyl halides is 3. The molecule has 1 unspecified atom stereocenters. The number of rotatable bonds is 2. The predicted molar refractivity (Wildman–Crippen MR) is 68.0 cm³/mol. The average Bonchev–Trinajstić information content (AvgIpc) is 2.31. The molecule has 2 rings (SSSR count). The Bertz CT molecular complexity index is 620. The number of fused-ring (bicyclic) bond motifs is 1. The summed E-state index contributed by atoms with van der Waals surface area (Å²) < 4.78 is 63.8. The largest absolute Gasteiger partial charge is 0.534 e. The maximum Gasteiger partial charge on any atom is 0.534 e. The zero-order valence-corrected chi connectivity index (χ0v) is 11.9. The van der Waals surface area contributed by atoms with Gasteiger partial charge in [0.1, 0.15) is 5.75 Å². The number of halogens is 3. The predicted octanol–water partition coefficient (Wildman–Crippen LogP) is 3.35. The first-order valence-corrected chi connectivity index (χ1v) is 7.65. The minimum absolute atomic E-state index is 0.200. The van der Waals surface area contributed by atoms with Crippen LogP contribution in [0.5, 0.6) is 5.75 Å². The van der Waals surface area contributed by atoms with Gasteiger partial charge in [0, 0.05) is 0 Å². The highest BCUT2D eigenvalue weighted by Crippen LogP contribution is 2.36. The highest BCUT2D eigenvalue weighted by Gasteiger charge is 2.49. The van der Waals surface area contributed by atoms with Crippen LogP contribution < -0.4 is 4.18 Å². The van der Waals surface area contributed by atoms with Crippen molar-refractivity contribution in [2.75, 3.05) is 0 Å². The molecule has 112 valence electrons. The normalized spacial score (nSPS) is 19.6. The summed E-state index contributed by atoms with van der Waals surface area (Å²) in [5.74, 6) is 0.0923. The van der Waals surface area contributed by atoms with E-state index in [2.05, 4.69) is 4.18 Å². The lowest BCUT2D eigenvalue weighted by Gasteiger charge is -2.25. The summed E-state index contributed by atoms with van der Waals surface area (Å²) in [5.41, 5.74) is -2.98. The molecule has 1 aromatic carbocycles. The molecular weight excluding hydrogens is 293 g/mol. The van der Waals surface area contributed by atoms with Gasteiger partial charge in [0.05, 0.1) is 0 Å². The summed E-state index contributed by atoms with van der Waals surface area (Å²) in [4.78, 5) is 0. The third kappa shape index (κ3) is 2.77. The molecule has 7 heteroatoms. The van der Waals surface area contributed by atoms with Crippen molar-refractivity contribution in [2.24, 2.45) is 5.92 Å². The Hall–Kier alpha value is -1.24. The van der Waals surface area contributed by atoms with Crippen LogP contribution in [0.15, 0.2) is 12.1 Å². The standard InChI is InChI=1S/C13H15F3O3S/c1-8-3-5-10-9(2)4-6-12(11(10)7-8)19-20(17,18)13(14,15)16/h4,6,8H,3,5,7H2,1-2H3. The molecular formula is C13H15F3O3S. The molecule has 0 fully saturated rings. The first kappa shape index (κ1) is 15.2. The minimum atomic E-state index is -5.61. The fourth-order valence-electron chi connectivity index (χ4n) is 2.45. The Labute approximate surface area is 115 Å². The summed E-state index contributed by atoms with van der Waals surface area (Å²) in [6, 6.07) is 2.89. The van der Waals surface area contributed by atoms with Crippen molar-refractivity contribution in [1.82, 2.24) is 0 Å². The van der Waals surface area contributed by atoms with E-state index in [9.17, 15) is 21.6 Å². The van der Waals surface area contributed by atoms with Crippen LogP contribution in [-0.2, 0) is 23.0 Å². The van der Waals surface area contributed by atoms with Gasteiger partial charge in [-0.1, -0.05) is 13.0 Å². The van der Waals surface area contributed by atoms with E-state index in [0.717, 1.165) is 24.0 Å². The Morgan fingerprint density at radius 3 is 2.50 bits per heavy atom. The molecule has 1 aromatic rings. The molecule has 0 saturated carbocycles. The van der Waals surface area contributed by atoms with Crippen molar-refractivity contribution >= 4 is 10.1 Å². The molecule has 0 amide bonds. The average molecular weight is 308 g/mol. The van der Waals surface area contributed by atoms with Crippen LogP contribution in [0.3, 0.4) is 0 Å². The van der Waals surface area contributed by atoms with Gasteiger partial charge in [0.25, 0.3) is 0 Å². The molecule has 0 heterocycles. The Kier molecular flexibility index (Phi) is 3.75. The van der Waals surface area contributed by atoms with Crippen LogP contribution in [-0.4, -0.2) is 13.9 Å². The third-order valence-corrected chi connectivity index (χ3v) is 4.51. The molecule has 0 bridgehead atoms. The second kappa shape index (κ2) is 4.95. The van der Waals surface area contributed by atoms with Crippen LogP contribution in [0.2, 0.25) is 0 Å². The van der Waals surface area contributed by atoms with Gasteiger partial charge in [-0.3, -0.25) is 0 Å². The van der Waals surface area contributed by atoms with Gasteiger partial charge in [-0.25, -0.2) is 0 Å². The first-order chi connectivity index (χ1) is 9.12. The van der Waals surface area contributed by atoms with Crippen molar-refractivity contribution in [3.8, 4) is 5.75 Å². The molecule has 0 radical (unpaired) electrons. The van der Waals surface area contributed by atoms with Gasteiger partial charge in [0.2, 0.25) is 0 Å². The maximum atomic E-state index is 12.4. The molecule has 0 aromatic heterocycles. The zero-order valence-electron chi connectivity index (χ0n) is 11.1. The molecule has 0 N–H and O–H groups in total. The van der Waals surface area contributed by atoms with Crippen LogP contribution in [0.1, 0.15) is 30.0 Å². The van der Waals surface area contributed by atoms with Gasteiger partial charge in [-0.05, 0) is 54.9 Å². The molecule has 0 saturated heterocycles. The van der Waals surface area contributed by atoms with Crippen molar-refractivity contribution in [1.29, 1.82) is 0 Å². The van der Waals surface area contributed by atoms with Gasteiger partial charge < -0.3 is 4.18 Å². The number of hydrogen-bond acceptors (Lipinski definition) is 3. The summed E-state index contributed by atoms with van der Waals surface area (Å²) in [5, 5.41) is 0. The highest BCUT2D eigenvalue weighted by atomic mass is 32.2. The smallest absolute Gasteiger partial charge is 0.376 e. The zero-order chi connectivity index (χ0) is 15.1. The monoisotopic (exact) mass is 308 g/mol. The van der Waals surface area contributed by atoms with Crippen LogP contribution in [0.25, 0.3) is 0 Å². The van der Waals surface area contributed by atoms with Crippen molar-refractivity contribution in [3.05, 3.63) is 28.8 Å². The quantitative estimate of drug-likeness (QED) is 0.621. The van der Waals surface area contributed by atoms with E-state index in [-0.39, 0.29) is 5.75 Å². The topological polar surface area (TPSA) is 43.4 Å². The number of benzene rings is 1. The summed E-state index contributed by atoms with van der Waals surface area (Å²) in [7, 11) is -5.61. The fourth-order valence-corrected chi connectivity index (χ4v) is 2.93. The van der Waals surface area contributed by atoms with Crippen molar-refractivity contribution in [3.63, 3.8) is 0 Å². The Morgan fingerprint density at radius 1 is 1.25 bits per heavy atom. The van der Waals surface area contributed by atoms with Gasteiger partial charge in [-0.15, -0.1) is 0 Å². The molecule has 0 spiro atoms. The summed E-state index contributed by atoms with van der Waals surface area (Å²) in [6.45, 7) is 3.84. The Balaban J connectivity index is 2.45. The van der Waals surface area contributed by atoms with Gasteiger partial charge in [-0.2, -0.15) is 21.6 Å². The third-order valence-electron chi connectivity index (χ3n) is 3.55. The van der Waals surface area contributed by atoms with E-state index >= 15 is 0 Å². The second-order valence-corrected chi connectivity index (χ2v) is 6.71. The molecule has 1 aliphatic rings. The van der Waals surface area contributed by atoms with Crippen LogP contribution in [0.4, 0.5) is 13.2 Å². The lowest BCUT2D eigenvalue weighted by molar-refractivity contribution is -0.0500. The lowest BCUT2D eigenvalue weighted by atomic mass is 9.82. The van der Waals surface area contributed by atoms with E-state index in [0.29, 0.717) is 17.9 Å². The van der Waals surface area contributed by atoms with Gasteiger partial charge in [0.15, 0.2) is 0 Å². The minimum Gasteiger partial charge on any atom is -0.376 e. The van der Waals surface area contributed by atoms with E-state index in [1.807, 2.05) is 13.8 Å². The maximum absolute atomic E-state index is 12.4. The molecule has 1 aliphatic carbocycles. The lowest BCUT2D eigenvalue weighted by Crippen LogP contribution is -2.29. The van der Waals surface area contributed by atoms with Crippen LogP contribution >= 0.6 is 0 Å². The molecule has 3 nitrogen and oxygen atoms in total. The highest BCUT2D eigenvalue weighted by molar-refractivity contribution is 7.88. The second-order valence-electron chi connectivity index (χ2n) is 5.17. The van der Waals surface area contributed by atoms with E-state index < -0.39 is 15.6 Å². The van der Waals surface area contributed by atoms with Crippen LogP contribution in [0, 0.1) is 12.8 Å². The van der Waals surface area contributed by atoms with E-state index in [1.165, 1.54) is 6.07 Å². The van der Waals surface area contributed by atoms with E-state index in [1.54, 1.807) is 6.07 Å². The first-order valence-electron chi connectivity index (χ1n) is 6.24. The summed E-state index contributed by atoms with van der Waals surface area (Å²) >= 11 is 0. The fraction of sp³-hybridized carbons (Fsp3) is 0.538. The summed E-state index contributed by atoms with van der Waals surface area (Å²) in [6.07, 6.45) is 2.19. The Morgan fingerprint density at radius 2 is 1.90 bits per heavy atom. The number of hydrogen-bond donors (Lipinski definition) is 0. The van der Waals surface area contributed by atoms with Crippen molar-refractivity contribution < 1.29 is 25.8 Å². The molecule has 0 aliphatic heterocycles. The van der Waals surface area contributed by atoms with Gasteiger partial charge >= 0.3 is 15.6 Å². The van der Waals surface area contributed by atoms with Crippen molar-refractivity contribution in [2.45, 2.75) is 38.6 Å².